The zero-order valence-electron chi connectivity index (χ0n) is 35.0. The number of carbonyl (C=O) groups is 5. The van der Waals surface area contributed by atoms with Crippen LogP contribution in [0.3, 0.4) is 0 Å². The number of benzene rings is 2. The number of fused-ring (bicyclic) bond motifs is 5. The number of Topliss-reactive ketones (excluding diaryl/α,β-unsaturated/α-hetero) is 1. The number of hydrogen-bond acceptors (Lipinski definition) is 14. The molecule has 2 aromatic rings. The SMILES string of the molecule is CC(=O)O[C@@]12CO[C@@H]1C[C@H](O)[C@@]1(C)C(=O)[C@H](O)C3=C(C)[C@@H](OC(=O)[C@H](O)[C@H](/C=C/c4ccccc4)NC(=O)OC(C)(C)C)C[C@@](O)([C@@H](OC(=O)c4ccccc4)C12)C3(C)C. The molecule has 6 rings (SSSR count). The second-order valence-corrected chi connectivity index (χ2v) is 18.0. The van der Waals surface area contributed by atoms with Crippen LogP contribution in [0.4, 0.5) is 4.79 Å². The number of rotatable bonds is 9. The summed E-state index contributed by atoms with van der Waals surface area (Å²) < 4.78 is 29.5. The van der Waals surface area contributed by atoms with Crippen molar-refractivity contribution in [3.63, 3.8) is 0 Å². The van der Waals surface area contributed by atoms with Crippen molar-refractivity contribution in [2.24, 2.45) is 16.7 Å². The number of carbonyl (C=O) groups excluding carboxylic acids is 5. The van der Waals surface area contributed by atoms with Gasteiger partial charge in [-0.05, 0) is 63.5 Å². The molecule has 3 fully saturated rings. The second-order valence-electron chi connectivity index (χ2n) is 18.0. The third-order valence-electron chi connectivity index (χ3n) is 12.7. The van der Waals surface area contributed by atoms with Crippen molar-refractivity contribution in [1.82, 2.24) is 5.32 Å². The van der Waals surface area contributed by atoms with E-state index in [0.29, 0.717) is 5.56 Å². The maximum absolute atomic E-state index is 15.0. The lowest BCUT2D eigenvalue weighted by atomic mass is 9.44. The maximum atomic E-state index is 15.0. The van der Waals surface area contributed by atoms with Gasteiger partial charge in [-0.15, -0.1) is 0 Å². The number of alkyl carbamates (subject to hydrolysis) is 1. The lowest BCUT2D eigenvalue weighted by molar-refractivity contribution is -0.346. The first kappa shape index (κ1) is 44.6. The number of hydrogen-bond donors (Lipinski definition) is 5. The Hall–Kier alpha value is -4.93. The van der Waals surface area contributed by atoms with Gasteiger partial charge in [0.2, 0.25) is 0 Å². The van der Waals surface area contributed by atoms with E-state index >= 15 is 0 Å². The fourth-order valence-electron chi connectivity index (χ4n) is 9.59. The highest BCUT2D eigenvalue weighted by Gasteiger charge is 2.78. The summed E-state index contributed by atoms with van der Waals surface area (Å²) in [4.78, 5) is 69.0. The van der Waals surface area contributed by atoms with E-state index in [4.69, 9.17) is 23.7 Å². The van der Waals surface area contributed by atoms with Crippen molar-refractivity contribution < 1.29 is 68.1 Å². The lowest BCUT2D eigenvalue weighted by Crippen LogP contribution is -2.81. The first-order valence-electron chi connectivity index (χ1n) is 20.0. The Balaban J connectivity index is 1.47. The van der Waals surface area contributed by atoms with E-state index in [2.05, 4.69) is 5.32 Å². The summed E-state index contributed by atoms with van der Waals surface area (Å²) >= 11 is 0. The summed E-state index contributed by atoms with van der Waals surface area (Å²) in [6.45, 7) is 11.8. The summed E-state index contributed by atoms with van der Waals surface area (Å²) in [6.07, 6.45) is -8.57. The highest BCUT2D eigenvalue weighted by atomic mass is 16.6. The molecule has 4 aliphatic rings. The van der Waals surface area contributed by atoms with Crippen molar-refractivity contribution in [1.29, 1.82) is 0 Å². The minimum Gasteiger partial charge on any atom is -0.456 e. The van der Waals surface area contributed by atoms with Gasteiger partial charge in [0.15, 0.2) is 17.5 Å². The van der Waals surface area contributed by atoms with Crippen LogP contribution in [-0.4, -0.2) is 116 Å². The van der Waals surface area contributed by atoms with Crippen LogP contribution in [0.15, 0.2) is 77.9 Å². The Kier molecular flexibility index (Phi) is 12.0. The van der Waals surface area contributed by atoms with Gasteiger partial charge in [0.25, 0.3) is 0 Å². The topological polar surface area (TPSA) is 224 Å². The quantitative estimate of drug-likeness (QED) is 0.138. The number of ether oxygens (including phenoxy) is 5. The smallest absolute Gasteiger partial charge is 0.408 e. The molecule has 60 heavy (non-hydrogen) atoms. The first-order valence-corrected chi connectivity index (χ1v) is 20.0. The van der Waals surface area contributed by atoms with E-state index in [0.717, 1.165) is 6.92 Å². The number of ketones is 1. The summed E-state index contributed by atoms with van der Waals surface area (Å²) in [5.74, 6) is -5.39. The van der Waals surface area contributed by atoms with Gasteiger partial charge in [-0.3, -0.25) is 9.59 Å². The molecule has 2 saturated carbocycles. The molecule has 3 aliphatic carbocycles. The van der Waals surface area contributed by atoms with Crippen LogP contribution in [0.1, 0.15) is 84.2 Å². The van der Waals surface area contributed by atoms with Crippen LogP contribution in [0, 0.1) is 16.7 Å². The van der Waals surface area contributed by atoms with Crippen LogP contribution in [-0.2, 0) is 38.1 Å². The fourth-order valence-corrected chi connectivity index (χ4v) is 9.59. The van der Waals surface area contributed by atoms with Gasteiger partial charge in [0, 0.05) is 25.2 Å². The minimum atomic E-state index is -2.36. The third-order valence-corrected chi connectivity index (χ3v) is 12.7. The van der Waals surface area contributed by atoms with Gasteiger partial charge >= 0.3 is 24.0 Å². The molecule has 15 nitrogen and oxygen atoms in total. The van der Waals surface area contributed by atoms with Gasteiger partial charge in [-0.2, -0.15) is 0 Å². The second kappa shape index (κ2) is 16.2. The molecule has 1 saturated heterocycles. The molecule has 15 heteroatoms. The number of nitrogens with one attached hydrogen (secondary N) is 1. The fraction of sp³-hybridized carbons (Fsp3) is 0.533. The number of aliphatic hydroxyl groups excluding tert-OH is 3. The summed E-state index contributed by atoms with van der Waals surface area (Å²) in [5, 5.41) is 51.6. The molecule has 0 spiro atoms. The van der Waals surface area contributed by atoms with Crippen molar-refractivity contribution in [3.05, 3.63) is 89.0 Å². The zero-order valence-corrected chi connectivity index (χ0v) is 35.0. The molecule has 2 aromatic carbocycles. The third kappa shape index (κ3) is 7.77. The van der Waals surface area contributed by atoms with Gasteiger partial charge in [0.05, 0.1) is 35.6 Å². The Morgan fingerprint density at radius 1 is 0.967 bits per heavy atom. The highest BCUT2D eigenvalue weighted by Crippen LogP contribution is 2.64. The average molecular weight is 834 g/mol. The molecule has 0 aromatic heterocycles. The van der Waals surface area contributed by atoms with E-state index in [9.17, 15) is 44.4 Å². The molecule has 0 radical (unpaired) electrons. The number of aliphatic hydroxyl groups is 4. The van der Waals surface area contributed by atoms with Crippen LogP contribution in [0.25, 0.3) is 6.08 Å². The molecule has 11 atom stereocenters. The predicted molar refractivity (Wildman–Crippen MR) is 214 cm³/mol. The largest absolute Gasteiger partial charge is 0.456 e. The Morgan fingerprint density at radius 2 is 1.58 bits per heavy atom. The monoisotopic (exact) mass is 833 g/mol. The molecule has 1 heterocycles. The average Bonchev–Trinajstić information content (AvgIpc) is 3.17. The van der Waals surface area contributed by atoms with Gasteiger partial charge in [-0.1, -0.05) is 74.5 Å². The highest BCUT2D eigenvalue weighted by molar-refractivity contribution is 5.94. The van der Waals surface area contributed by atoms with E-state index in [1.165, 1.54) is 32.1 Å². The molecule has 5 N–H and O–H groups in total. The molecular weight excluding hydrogens is 778 g/mol. The van der Waals surface area contributed by atoms with E-state index in [1.807, 2.05) is 0 Å². The summed E-state index contributed by atoms with van der Waals surface area (Å²) in [7, 11) is 0. The van der Waals surface area contributed by atoms with Gasteiger partial charge in [-0.25, -0.2) is 14.4 Å². The summed E-state index contributed by atoms with van der Waals surface area (Å²) in [6, 6.07) is 15.3. The van der Waals surface area contributed by atoms with E-state index < -0.39 is 112 Å². The van der Waals surface area contributed by atoms with Gasteiger partial charge < -0.3 is 49.4 Å². The zero-order chi connectivity index (χ0) is 44.2. The van der Waals surface area contributed by atoms with E-state index in [1.54, 1.807) is 89.2 Å². The Morgan fingerprint density at radius 3 is 2.15 bits per heavy atom. The van der Waals surface area contributed by atoms with E-state index in [-0.39, 0.29) is 29.7 Å². The van der Waals surface area contributed by atoms with Crippen molar-refractivity contribution >= 4 is 35.9 Å². The van der Waals surface area contributed by atoms with Gasteiger partial charge in [0.1, 0.15) is 35.6 Å². The van der Waals surface area contributed by atoms with Crippen molar-refractivity contribution in [3.8, 4) is 0 Å². The number of amides is 1. The van der Waals surface area contributed by atoms with Crippen LogP contribution in [0.5, 0.6) is 0 Å². The molecule has 324 valence electrons. The molecular formula is C45H55NO14. The van der Waals surface area contributed by atoms with Crippen molar-refractivity contribution in [2.45, 2.75) is 128 Å². The normalized spacial score (nSPS) is 33.1. The summed E-state index contributed by atoms with van der Waals surface area (Å²) in [5.41, 5.74) is -7.82. The molecule has 1 unspecified atom stereocenters. The predicted octanol–water partition coefficient (Wildman–Crippen LogP) is 3.60. The van der Waals surface area contributed by atoms with Crippen LogP contribution < -0.4 is 5.32 Å². The maximum Gasteiger partial charge on any atom is 0.408 e. The molecule has 1 aliphatic heterocycles. The van der Waals surface area contributed by atoms with Crippen molar-refractivity contribution in [2.75, 3.05) is 6.61 Å². The molecule has 2 bridgehead atoms. The Labute approximate surface area is 348 Å². The first-order chi connectivity index (χ1) is 28.0. The number of esters is 3. The minimum absolute atomic E-state index is 0.0675. The van der Waals surface area contributed by atoms with Crippen LogP contribution >= 0.6 is 0 Å². The lowest BCUT2D eigenvalue weighted by Gasteiger charge is -2.67. The molecule has 1 amide bonds. The van der Waals surface area contributed by atoms with Crippen LogP contribution in [0.2, 0.25) is 0 Å². The Bertz CT molecular complexity index is 2060. The standard InChI is InChI=1S/C45H55NO14/c1-24-29(57-39(53)33(49)28(46-40(54)60-41(3,4)5)20-19-26-15-11-9-12-16-26)22-45(55)37(58-38(52)27-17-13-10-14-18-27)35-43(8,36(51)34(50)32(24)42(45,6)7)30(48)21-31-44(35,23-56-31)59-25(2)47/h9-20,28-31,33-35,37,48-50,55H,21-23H2,1-8H3,(H,46,54)/b20-19+/t28-,29-,30-,31+,33+,34+,35?,37-,43+,44-,45+/m0/s1.